The van der Waals surface area contributed by atoms with Crippen molar-refractivity contribution in [2.75, 3.05) is 18.5 Å². The number of aliphatic hydroxyl groups excluding tert-OH is 1. The van der Waals surface area contributed by atoms with E-state index in [9.17, 15) is 18.3 Å². The van der Waals surface area contributed by atoms with Crippen molar-refractivity contribution >= 4 is 21.7 Å². The van der Waals surface area contributed by atoms with Gasteiger partial charge in [-0.15, -0.1) is 0 Å². The maximum absolute atomic E-state index is 12.3. The summed E-state index contributed by atoms with van der Waals surface area (Å²) in [5.74, 6) is -1.21. The molecule has 0 heterocycles. The first-order chi connectivity index (χ1) is 10.8. The molecule has 0 aliphatic rings. The van der Waals surface area contributed by atoms with Gasteiger partial charge < -0.3 is 15.5 Å². The lowest BCUT2D eigenvalue weighted by Crippen LogP contribution is -2.32. The van der Waals surface area contributed by atoms with E-state index in [1.165, 1.54) is 12.1 Å². The van der Waals surface area contributed by atoms with Crippen LogP contribution in [0.3, 0.4) is 0 Å². The summed E-state index contributed by atoms with van der Waals surface area (Å²) < 4.78 is 27.1. The summed E-state index contributed by atoms with van der Waals surface area (Å²) >= 11 is 0. The molecule has 0 amide bonds. The number of rotatable bonds is 10. The van der Waals surface area contributed by atoms with Crippen LogP contribution in [0.4, 0.5) is 5.69 Å². The predicted molar refractivity (Wildman–Crippen MR) is 88.3 cm³/mol. The molecule has 0 unspecified atom stereocenters. The third kappa shape index (κ3) is 5.81. The largest absolute Gasteiger partial charge is 0.478 e. The number of aliphatic hydroxyl groups is 1. The summed E-state index contributed by atoms with van der Waals surface area (Å²) in [6.45, 7) is 4.11. The molecule has 8 heteroatoms. The smallest absolute Gasteiger partial charge is 0.337 e. The average molecular weight is 344 g/mol. The van der Waals surface area contributed by atoms with E-state index in [1.807, 2.05) is 6.92 Å². The van der Waals surface area contributed by atoms with E-state index in [0.29, 0.717) is 25.1 Å². The first-order valence-electron chi connectivity index (χ1n) is 7.56. The number of sulfonamides is 1. The Morgan fingerprint density at radius 2 is 2.04 bits per heavy atom. The van der Waals surface area contributed by atoms with Gasteiger partial charge in [-0.25, -0.2) is 17.9 Å². The highest BCUT2D eigenvalue weighted by Crippen LogP contribution is 2.21. The van der Waals surface area contributed by atoms with Crippen LogP contribution >= 0.6 is 0 Å². The van der Waals surface area contributed by atoms with Crippen molar-refractivity contribution in [2.45, 2.75) is 44.0 Å². The average Bonchev–Trinajstić information content (AvgIpc) is 2.47. The van der Waals surface area contributed by atoms with Gasteiger partial charge in [0.05, 0.1) is 10.5 Å². The lowest BCUT2D eigenvalue weighted by atomic mass is 10.2. The van der Waals surface area contributed by atoms with Crippen LogP contribution in [0.2, 0.25) is 0 Å². The lowest BCUT2D eigenvalue weighted by Gasteiger charge is -2.15. The summed E-state index contributed by atoms with van der Waals surface area (Å²) in [5.41, 5.74) is 0.209. The van der Waals surface area contributed by atoms with Gasteiger partial charge in [-0.3, -0.25) is 0 Å². The lowest BCUT2D eigenvalue weighted by molar-refractivity contribution is 0.0697. The van der Waals surface area contributed by atoms with Gasteiger partial charge in [-0.05, 0) is 38.0 Å². The standard InChI is InChI=1S/C15H24N2O5S/c1-3-5-11(2)17-23(21,22)12-6-7-14(16-8-4-9-18)13(10-12)15(19)20/h6-7,10-11,16-18H,3-5,8-9H2,1-2H3,(H,19,20)/t11-/m1/s1. The fraction of sp³-hybridized carbons (Fsp3) is 0.533. The Morgan fingerprint density at radius 3 is 2.61 bits per heavy atom. The molecule has 0 fully saturated rings. The topological polar surface area (TPSA) is 116 Å². The molecule has 0 aliphatic carbocycles. The highest BCUT2D eigenvalue weighted by atomic mass is 32.2. The molecule has 23 heavy (non-hydrogen) atoms. The van der Waals surface area contributed by atoms with E-state index >= 15 is 0 Å². The number of hydrogen-bond donors (Lipinski definition) is 4. The van der Waals surface area contributed by atoms with E-state index in [2.05, 4.69) is 10.0 Å². The first-order valence-corrected chi connectivity index (χ1v) is 9.04. The Balaban J connectivity index is 3.04. The number of aromatic carboxylic acids is 1. The van der Waals surface area contributed by atoms with E-state index in [0.717, 1.165) is 12.5 Å². The summed E-state index contributed by atoms with van der Waals surface area (Å²) in [6, 6.07) is 3.72. The van der Waals surface area contributed by atoms with Crippen molar-refractivity contribution in [3.63, 3.8) is 0 Å². The molecule has 0 saturated heterocycles. The Kier molecular flexibility index (Phi) is 7.47. The summed E-state index contributed by atoms with van der Waals surface area (Å²) in [4.78, 5) is 11.3. The molecule has 130 valence electrons. The van der Waals surface area contributed by atoms with Gasteiger partial charge in [0.1, 0.15) is 0 Å². The third-order valence-corrected chi connectivity index (χ3v) is 4.85. The maximum Gasteiger partial charge on any atom is 0.337 e. The van der Waals surface area contributed by atoms with Crippen LogP contribution in [0.5, 0.6) is 0 Å². The third-order valence-electron chi connectivity index (χ3n) is 3.26. The summed E-state index contributed by atoms with van der Waals surface area (Å²) in [6.07, 6.45) is 2.01. The van der Waals surface area contributed by atoms with Crippen molar-refractivity contribution in [3.8, 4) is 0 Å². The van der Waals surface area contributed by atoms with Gasteiger partial charge >= 0.3 is 5.97 Å². The van der Waals surface area contributed by atoms with Gasteiger partial charge in [-0.1, -0.05) is 13.3 Å². The molecule has 0 aliphatic heterocycles. The summed E-state index contributed by atoms with van der Waals surface area (Å²) in [5, 5.41) is 20.9. The highest BCUT2D eigenvalue weighted by Gasteiger charge is 2.20. The Hall–Kier alpha value is -1.64. The van der Waals surface area contributed by atoms with Gasteiger partial charge in [0.15, 0.2) is 0 Å². The highest BCUT2D eigenvalue weighted by molar-refractivity contribution is 7.89. The normalized spacial score (nSPS) is 12.8. The fourth-order valence-electron chi connectivity index (χ4n) is 2.15. The van der Waals surface area contributed by atoms with Crippen LogP contribution in [0.1, 0.15) is 43.5 Å². The zero-order valence-electron chi connectivity index (χ0n) is 13.4. The minimum atomic E-state index is -3.76. The van der Waals surface area contributed by atoms with Crippen LogP contribution in [-0.2, 0) is 10.0 Å². The molecular formula is C15H24N2O5S. The number of anilines is 1. The van der Waals surface area contributed by atoms with Crippen molar-refractivity contribution in [3.05, 3.63) is 23.8 Å². The van der Waals surface area contributed by atoms with Crippen LogP contribution < -0.4 is 10.0 Å². The molecule has 0 saturated carbocycles. The van der Waals surface area contributed by atoms with Crippen molar-refractivity contribution in [1.29, 1.82) is 0 Å². The van der Waals surface area contributed by atoms with E-state index < -0.39 is 16.0 Å². The minimum Gasteiger partial charge on any atom is -0.478 e. The van der Waals surface area contributed by atoms with Crippen molar-refractivity contribution in [1.82, 2.24) is 4.72 Å². The molecule has 4 N–H and O–H groups in total. The Morgan fingerprint density at radius 1 is 1.35 bits per heavy atom. The molecule has 7 nitrogen and oxygen atoms in total. The predicted octanol–water partition coefficient (Wildman–Crippen LogP) is 1.65. The Labute approximate surface area is 136 Å². The number of carboxylic acid groups (broad SMARTS) is 1. The van der Waals surface area contributed by atoms with Gasteiger partial charge in [0.2, 0.25) is 10.0 Å². The maximum atomic E-state index is 12.3. The molecular weight excluding hydrogens is 320 g/mol. The number of carboxylic acids is 1. The first kappa shape index (κ1) is 19.4. The number of hydrogen-bond acceptors (Lipinski definition) is 5. The summed E-state index contributed by atoms with van der Waals surface area (Å²) in [7, 11) is -3.76. The molecule has 1 aromatic carbocycles. The van der Waals surface area contributed by atoms with Crippen LogP contribution in [-0.4, -0.2) is 43.8 Å². The van der Waals surface area contributed by atoms with Gasteiger partial charge in [-0.2, -0.15) is 0 Å². The van der Waals surface area contributed by atoms with E-state index in [1.54, 1.807) is 6.92 Å². The number of carbonyl (C=O) groups is 1. The molecule has 1 rings (SSSR count). The second-order valence-corrected chi connectivity index (χ2v) is 7.04. The van der Waals surface area contributed by atoms with Crippen molar-refractivity contribution < 1.29 is 23.4 Å². The van der Waals surface area contributed by atoms with Crippen LogP contribution in [0.15, 0.2) is 23.1 Å². The van der Waals surface area contributed by atoms with Crippen LogP contribution in [0, 0.1) is 0 Å². The number of nitrogens with one attached hydrogen (secondary N) is 2. The second kappa shape index (κ2) is 8.85. The van der Waals surface area contributed by atoms with E-state index in [4.69, 9.17) is 5.11 Å². The fourth-order valence-corrected chi connectivity index (χ4v) is 3.45. The molecule has 1 aromatic rings. The van der Waals surface area contributed by atoms with Gasteiger partial charge in [0.25, 0.3) is 0 Å². The zero-order chi connectivity index (χ0) is 17.5. The second-order valence-electron chi connectivity index (χ2n) is 5.33. The molecule has 0 bridgehead atoms. The van der Waals surface area contributed by atoms with Crippen molar-refractivity contribution in [2.24, 2.45) is 0 Å². The molecule has 0 aromatic heterocycles. The SMILES string of the molecule is CCC[C@@H](C)NS(=O)(=O)c1ccc(NCCCO)c(C(=O)O)c1. The molecule has 0 radical (unpaired) electrons. The quantitative estimate of drug-likeness (QED) is 0.480. The minimum absolute atomic E-state index is 0.0128. The van der Waals surface area contributed by atoms with E-state index in [-0.39, 0.29) is 23.1 Å². The molecule has 0 spiro atoms. The van der Waals surface area contributed by atoms with Crippen LogP contribution in [0.25, 0.3) is 0 Å². The van der Waals surface area contributed by atoms with Gasteiger partial charge in [0, 0.05) is 24.9 Å². The number of benzene rings is 1. The zero-order valence-corrected chi connectivity index (χ0v) is 14.2. The monoisotopic (exact) mass is 344 g/mol. The Bertz CT molecular complexity index is 631. The molecule has 1 atom stereocenters.